The SMILES string of the molecule is CCC(CNc1cccc2c1C(=O)N(C1CCC(=O)NC1=O)C2=O)Nc1ncnc2[nH]cc(C(=O)c3ccc(Oc4ccccc4)cc3Cl)c12. The normalized spacial score (nSPS) is 16.3. The molecular formula is C36H30ClN7O6. The molecule has 0 aliphatic carbocycles. The third kappa shape index (κ3) is 6.03. The number of rotatable bonds is 11. The number of carbonyl (C=O) groups is 5. The van der Waals surface area contributed by atoms with Crippen molar-refractivity contribution in [2.45, 2.75) is 38.3 Å². The minimum atomic E-state index is -1.06. The number of para-hydroxylation sites is 1. The number of imide groups is 2. The highest BCUT2D eigenvalue weighted by atomic mass is 35.5. The Balaban J connectivity index is 1.09. The number of anilines is 2. The molecule has 0 saturated carbocycles. The van der Waals surface area contributed by atoms with Crippen LogP contribution in [-0.4, -0.2) is 67.9 Å². The summed E-state index contributed by atoms with van der Waals surface area (Å²) in [6.45, 7) is 2.27. The molecule has 14 heteroatoms. The Kier molecular flexibility index (Phi) is 8.73. The minimum Gasteiger partial charge on any atom is -0.457 e. The van der Waals surface area contributed by atoms with Crippen molar-refractivity contribution in [1.29, 1.82) is 0 Å². The Bertz CT molecular complexity index is 2190. The minimum absolute atomic E-state index is 0.0343. The van der Waals surface area contributed by atoms with Gasteiger partial charge in [-0.25, -0.2) is 9.97 Å². The van der Waals surface area contributed by atoms with E-state index in [2.05, 4.69) is 30.9 Å². The smallest absolute Gasteiger partial charge is 0.264 e. The molecule has 13 nitrogen and oxygen atoms in total. The second-order valence-electron chi connectivity index (χ2n) is 11.8. The van der Waals surface area contributed by atoms with Gasteiger partial charge in [-0.1, -0.05) is 42.8 Å². The molecule has 0 spiro atoms. The van der Waals surface area contributed by atoms with Crippen LogP contribution in [0.3, 0.4) is 0 Å². The number of H-pyrrole nitrogens is 1. The Morgan fingerprint density at radius 1 is 1.00 bits per heavy atom. The molecule has 2 aliphatic rings. The number of aromatic nitrogens is 3. The zero-order chi connectivity index (χ0) is 34.9. The number of aromatic amines is 1. The van der Waals surface area contributed by atoms with E-state index in [1.165, 1.54) is 6.33 Å². The lowest BCUT2D eigenvalue weighted by Crippen LogP contribution is -2.54. The predicted molar refractivity (Wildman–Crippen MR) is 185 cm³/mol. The fourth-order valence-electron chi connectivity index (χ4n) is 6.15. The molecule has 0 radical (unpaired) electrons. The molecule has 252 valence electrons. The number of ether oxygens (including phenoxy) is 1. The van der Waals surface area contributed by atoms with Gasteiger partial charge in [0.2, 0.25) is 11.8 Å². The van der Waals surface area contributed by atoms with Crippen molar-refractivity contribution in [2.75, 3.05) is 17.2 Å². The quantitative estimate of drug-likeness (QED) is 0.105. The monoisotopic (exact) mass is 691 g/mol. The zero-order valence-electron chi connectivity index (χ0n) is 26.7. The molecule has 2 aliphatic heterocycles. The summed E-state index contributed by atoms with van der Waals surface area (Å²) in [7, 11) is 0. The lowest BCUT2D eigenvalue weighted by molar-refractivity contribution is -0.136. The molecule has 0 bridgehead atoms. The van der Waals surface area contributed by atoms with Gasteiger partial charge >= 0.3 is 0 Å². The van der Waals surface area contributed by atoms with Crippen molar-refractivity contribution >= 4 is 63.6 Å². The van der Waals surface area contributed by atoms with Crippen molar-refractivity contribution < 1.29 is 28.7 Å². The van der Waals surface area contributed by atoms with Gasteiger partial charge in [0.25, 0.3) is 11.8 Å². The average molecular weight is 692 g/mol. The molecule has 5 aromatic rings. The third-order valence-corrected chi connectivity index (χ3v) is 9.03. The number of piperidine rings is 1. The second kappa shape index (κ2) is 13.4. The number of amides is 4. The fraction of sp³-hybridized carbons (Fsp3) is 0.194. The molecule has 3 aromatic carbocycles. The molecule has 1 fully saturated rings. The Morgan fingerprint density at radius 3 is 2.58 bits per heavy atom. The Morgan fingerprint density at radius 2 is 1.82 bits per heavy atom. The Labute approximate surface area is 290 Å². The summed E-state index contributed by atoms with van der Waals surface area (Å²) in [5.74, 6) is -1.09. The topological polar surface area (TPSA) is 175 Å². The van der Waals surface area contributed by atoms with Crippen LogP contribution in [-0.2, 0) is 9.59 Å². The van der Waals surface area contributed by atoms with Gasteiger partial charge in [0.15, 0.2) is 5.78 Å². The standard InChI is InChI=1S/C36H30ClN7O6/c1-2-19(16-38-26-10-6-9-23-29(26)36(49)44(35(23)48)27-13-14-28(45)43-34(27)47)42-33-30-24(17-39-32(30)40-18-41-33)31(46)22-12-11-21(15-25(22)37)50-20-7-4-3-5-8-20/h3-12,15,17-19,27,38H,2,13-14,16H2,1H3,(H,43,45,47)(H2,39,40,41,42). The van der Waals surface area contributed by atoms with E-state index in [-0.39, 0.29) is 46.4 Å². The van der Waals surface area contributed by atoms with E-state index in [0.717, 1.165) is 4.90 Å². The molecule has 4 heterocycles. The van der Waals surface area contributed by atoms with Gasteiger partial charge in [0, 0.05) is 42.5 Å². The van der Waals surface area contributed by atoms with E-state index in [1.807, 2.05) is 37.3 Å². The Hall–Kier alpha value is -6.08. The highest BCUT2D eigenvalue weighted by molar-refractivity contribution is 6.36. The molecule has 2 unspecified atom stereocenters. The fourth-order valence-corrected chi connectivity index (χ4v) is 6.41. The van der Waals surface area contributed by atoms with Crippen LogP contribution in [0.15, 0.2) is 79.3 Å². The molecule has 2 atom stereocenters. The molecule has 4 N–H and O–H groups in total. The third-order valence-electron chi connectivity index (χ3n) is 8.72. The summed E-state index contributed by atoms with van der Waals surface area (Å²) in [5, 5.41) is 9.59. The summed E-state index contributed by atoms with van der Waals surface area (Å²) in [4.78, 5) is 77.5. The summed E-state index contributed by atoms with van der Waals surface area (Å²) in [6.07, 6.45) is 3.67. The van der Waals surface area contributed by atoms with Crippen LogP contribution in [0.2, 0.25) is 5.02 Å². The first-order valence-corrected chi connectivity index (χ1v) is 16.4. The number of hydrogen-bond donors (Lipinski definition) is 4. The average Bonchev–Trinajstić information content (AvgIpc) is 3.66. The number of hydrogen-bond acceptors (Lipinski definition) is 10. The van der Waals surface area contributed by atoms with Gasteiger partial charge in [-0.05, 0) is 49.2 Å². The summed E-state index contributed by atoms with van der Waals surface area (Å²) in [5.41, 5.74) is 1.82. The van der Waals surface area contributed by atoms with E-state index >= 15 is 0 Å². The van der Waals surface area contributed by atoms with Crippen molar-refractivity contribution in [1.82, 2.24) is 25.2 Å². The van der Waals surface area contributed by atoms with Gasteiger partial charge in [-0.3, -0.25) is 34.2 Å². The lowest BCUT2D eigenvalue weighted by Gasteiger charge is -2.27. The predicted octanol–water partition coefficient (Wildman–Crippen LogP) is 5.34. The van der Waals surface area contributed by atoms with Gasteiger partial charge in [0.05, 0.1) is 27.1 Å². The first-order valence-electron chi connectivity index (χ1n) is 16.0. The molecule has 4 amide bonds. The molecule has 2 aromatic heterocycles. The number of nitrogens with one attached hydrogen (secondary N) is 4. The van der Waals surface area contributed by atoms with Gasteiger partial charge in [0.1, 0.15) is 35.3 Å². The van der Waals surface area contributed by atoms with Crippen molar-refractivity contribution in [3.63, 3.8) is 0 Å². The van der Waals surface area contributed by atoms with E-state index in [9.17, 15) is 24.0 Å². The van der Waals surface area contributed by atoms with Crippen LogP contribution in [0.1, 0.15) is 62.8 Å². The van der Waals surface area contributed by atoms with Crippen LogP contribution in [0.5, 0.6) is 11.5 Å². The highest BCUT2D eigenvalue weighted by Crippen LogP contribution is 2.34. The van der Waals surface area contributed by atoms with Crippen LogP contribution in [0.4, 0.5) is 11.5 Å². The molecule has 7 rings (SSSR count). The zero-order valence-corrected chi connectivity index (χ0v) is 27.4. The second-order valence-corrected chi connectivity index (χ2v) is 12.2. The van der Waals surface area contributed by atoms with Crippen molar-refractivity contribution in [2.24, 2.45) is 0 Å². The molecule has 50 heavy (non-hydrogen) atoms. The largest absolute Gasteiger partial charge is 0.457 e. The number of halogens is 1. The number of benzene rings is 3. The van der Waals surface area contributed by atoms with Gasteiger partial charge in [-0.2, -0.15) is 0 Å². The first-order chi connectivity index (χ1) is 24.2. The number of fused-ring (bicyclic) bond motifs is 2. The van der Waals surface area contributed by atoms with Crippen LogP contribution < -0.4 is 20.7 Å². The molecular weight excluding hydrogens is 662 g/mol. The van der Waals surface area contributed by atoms with Gasteiger partial charge < -0.3 is 20.4 Å². The summed E-state index contributed by atoms with van der Waals surface area (Å²) >= 11 is 6.58. The highest BCUT2D eigenvalue weighted by Gasteiger charge is 2.45. The summed E-state index contributed by atoms with van der Waals surface area (Å²) < 4.78 is 5.86. The van der Waals surface area contributed by atoms with Crippen LogP contribution in [0.25, 0.3) is 11.0 Å². The maximum Gasteiger partial charge on any atom is 0.264 e. The van der Waals surface area contributed by atoms with E-state index in [4.69, 9.17) is 16.3 Å². The van der Waals surface area contributed by atoms with Crippen LogP contribution in [0, 0.1) is 0 Å². The number of ketones is 1. The van der Waals surface area contributed by atoms with Crippen molar-refractivity contribution in [3.8, 4) is 11.5 Å². The maximum atomic E-state index is 13.8. The van der Waals surface area contributed by atoms with E-state index < -0.39 is 29.7 Å². The number of carbonyl (C=O) groups excluding carboxylic acids is 5. The van der Waals surface area contributed by atoms with Gasteiger partial charge in [-0.15, -0.1) is 0 Å². The lowest BCUT2D eigenvalue weighted by atomic mass is 10.0. The first kappa shape index (κ1) is 32.5. The number of nitrogens with zero attached hydrogens (tertiary/aromatic N) is 3. The van der Waals surface area contributed by atoms with Crippen LogP contribution >= 0.6 is 11.6 Å². The summed E-state index contributed by atoms with van der Waals surface area (Å²) in [6, 6.07) is 17.7. The maximum absolute atomic E-state index is 13.8. The van der Waals surface area contributed by atoms with Crippen molar-refractivity contribution in [3.05, 3.63) is 107 Å². The molecule has 1 saturated heterocycles. The van der Waals surface area contributed by atoms with E-state index in [0.29, 0.717) is 52.6 Å². The van der Waals surface area contributed by atoms with E-state index in [1.54, 1.807) is 42.6 Å².